The molecule has 0 aromatic heterocycles. The maximum Gasteiger partial charge on any atom is 0.292 e. The van der Waals surface area contributed by atoms with Gasteiger partial charge in [0.2, 0.25) is 18.0 Å². The van der Waals surface area contributed by atoms with E-state index in [4.69, 9.17) is 21.6 Å². The molecule has 8 heteroatoms. The zero-order valence-corrected chi connectivity index (χ0v) is 19.6. The van der Waals surface area contributed by atoms with Gasteiger partial charge in [0.1, 0.15) is 12.3 Å². The number of rotatable bonds is 5. The highest BCUT2D eigenvalue weighted by Gasteiger charge is 2.49. The minimum absolute atomic E-state index is 0.00320. The number of carbonyl (C=O) groups is 2. The first kappa shape index (κ1) is 23.3. The van der Waals surface area contributed by atoms with Gasteiger partial charge in [0, 0.05) is 18.5 Å². The minimum atomic E-state index is -0.735. The highest BCUT2D eigenvalue weighted by molar-refractivity contribution is 5.92. The number of amides is 2. The van der Waals surface area contributed by atoms with Gasteiger partial charge in [0.15, 0.2) is 0 Å². The summed E-state index contributed by atoms with van der Waals surface area (Å²) in [5, 5.41) is 9.46. The molecule has 1 aromatic carbocycles. The summed E-state index contributed by atoms with van der Waals surface area (Å²) in [6.45, 7) is 0. The van der Waals surface area contributed by atoms with Crippen molar-refractivity contribution in [2.24, 2.45) is 11.7 Å². The van der Waals surface area contributed by atoms with Crippen LogP contribution in [-0.4, -0.2) is 58.1 Å². The van der Waals surface area contributed by atoms with Gasteiger partial charge < -0.3 is 25.0 Å². The summed E-state index contributed by atoms with van der Waals surface area (Å²) in [6.07, 6.45) is 11.3. The molecule has 0 saturated carbocycles. The number of nitrogens with two attached hydrogens (primary N) is 1. The molecule has 0 spiro atoms. The number of terminal acetylenes is 1. The van der Waals surface area contributed by atoms with Crippen molar-refractivity contribution in [1.82, 2.24) is 9.80 Å². The largest absolute Gasteiger partial charge is 0.458 e. The van der Waals surface area contributed by atoms with E-state index in [1.54, 1.807) is 0 Å². The van der Waals surface area contributed by atoms with E-state index in [1.807, 2.05) is 35.2 Å². The number of hydrogen-bond acceptors (Lipinski definition) is 6. The second-order valence-electron chi connectivity index (χ2n) is 9.86. The van der Waals surface area contributed by atoms with Gasteiger partial charge in [-0.2, -0.15) is 5.26 Å². The third-order valence-electron chi connectivity index (χ3n) is 7.82. The minimum Gasteiger partial charge on any atom is -0.458 e. The van der Waals surface area contributed by atoms with Crippen molar-refractivity contribution >= 4 is 11.8 Å². The van der Waals surface area contributed by atoms with Crippen LogP contribution in [0.5, 0.6) is 0 Å². The van der Waals surface area contributed by atoms with Gasteiger partial charge in [-0.1, -0.05) is 36.3 Å². The lowest BCUT2D eigenvalue weighted by molar-refractivity contribution is -0.140. The highest BCUT2D eigenvalue weighted by Crippen LogP contribution is 2.41. The molecular formula is C27H30N4O4. The van der Waals surface area contributed by atoms with Gasteiger partial charge in [-0.3, -0.25) is 9.59 Å². The summed E-state index contributed by atoms with van der Waals surface area (Å²) in [5.74, 6) is 2.38. The number of likely N-dealkylation sites (tertiary alicyclic amines) is 1. The highest BCUT2D eigenvalue weighted by atomic mass is 16.7. The molecule has 35 heavy (non-hydrogen) atoms. The Morgan fingerprint density at radius 2 is 1.77 bits per heavy atom. The number of nitrogens with zero attached hydrogens (tertiary/aromatic N) is 3. The Hall–Kier alpha value is -3.49. The monoisotopic (exact) mass is 474 g/mol. The summed E-state index contributed by atoms with van der Waals surface area (Å²) in [6, 6.07) is 10.4. The average Bonchev–Trinajstić information content (AvgIpc) is 3.59. The number of benzene rings is 1. The predicted octanol–water partition coefficient (Wildman–Crippen LogP) is 2.06. The molecule has 3 fully saturated rings. The van der Waals surface area contributed by atoms with Gasteiger partial charge in [-0.15, -0.1) is 6.42 Å². The van der Waals surface area contributed by atoms with Crippen molar-refractivity contribution < 1.29 is 19.1 Å². The van der Waals surface area contributed by atoms with E-state index < -0.39 is 18.4 Å². The Balaban J connectivity index is 1.21. The summed E-state index contributed by atoms with van der Waals surface area (Å²) >= 11 is 0. The van der Waals surface area contributed by atoms with E-state index in [9.17, 15) is 14.9 Å². The van der Waals surface area contributed by atoms with E-state index in [0.717, 1.165) is 18.4 Å². The van der Waals surface area contributed by atoms with E-state index in [1.165, 1.54) is 11.2 Å². The Labute approximate surface area is 205 Å². The van der Waals surface area contributed by atoms with E-state index >= 15 is 0 Å². The maximum atomic E-state index is 13.3. The molecule has 4 aliphatic rings. The Morgan fingerprint density at radius 1 is 1.09 bits per heavy atom. The van der Waals surface area contributed by atoms with Crippen LogP contribution < -0.4 is 5.73 Å². The number of ether oxygens (including phenoxy) is 2. The molecule has 6 unspecified atom stereocenters. The molecular weight excluding hydrogens is 444 g/mol. The zero-order chi connectivity index (χ0) is 24.5. The fraction of sp³-hybridized carbons (Fsp3) is 0.519. The van der Waals surface area contributed by atoms with Crippen LogP contribution in [0.15, 0.2) is 42.4 Å². The normalized spacial score (nSPS) is 32.1. The Morgan fingerprint density at radius 3 is 2.43 bits per heavy atom. The molecule has 0 radical (unpaired) electrons. The number of nitriles is 1. The Bertz CT molecular complexity index is 1050. The summed E-state index contributed by atoms with van der Waals surface area (Å²) in [7, 11) is 0. The van der Waals surface area contributed by atoms with Crippen molar-refractivity contribution in [2.75, 3.05) is 0 Å². The second kappa shape index (κ2) is 9.64. The molecule has 2 amide bonds. The van der Waals surface area contributed by atoms with Crippen molar-refractivity contribution in [3.8, 4) is 18.4 Å². The average molecular weight is 475 g/mol. The smallest absolute Gasteiger partial charge is 0.292 e. The third kappa shape index (κ3) is 4.35. The molecule has 8 nitrogen and oxygen atoms in total. The fourth-order valence-electron chi connectivity index (χ4n) is 6.09. The van der Waals surface area contributed by atoms with Crippen LogP contribution in [-0.2, 0) is 25.5 Å². The van der Waals surface area contributed by atoms with E-state index in [2.05, 4.69) is 12.0 Å². The fourth-order valence-corrected chi connectivity index (χ4v) is 6.09. The molecule has 4 heterocycles. The zero-order valence-electron chi connectivity index (χ0n) is 19.6. The number of hydrogen-bond donors (Lipinski definition) is 1. The molecule has 2 N–H and O–H groups in total. The molecule has 6 atom stereocenters. The van der Waals surface area contributed by atoms with Crippen LogP contribution in [0.2, 0.25) is 0 Å². The van der Waals surface area contributed by atoms with Crippen molar-refractivity contribution in [2.45, 2.75) is 81.4 Å². The molecule has 182 valence electrons. The standard InChI is InChI=1S/C27H30N4O4/c1-2-19-8-11-22(15-28)30(19)27(33)25(29)18-13-20-9-10-21(14-18)31(20)26(32)23-16-34-24(35-23)12-17-6-4-3-5-7-17/h1,3-7,16,18-22,24-25H,8-14,29H2. The predicted molar refractivity (Wildman–Crippen MR) is 127 cm³/mol. The van der Waals surface area contributed by atoms with Crippen LogP contribution >= 0.6 is 0 Å². The van der Waals surface area contributed by atoms with Crippen LogP contribution in [0, 0.1) is 29.6 Å². The van der Waals surface area contributed by atoms with Gasteiger partial charge >= 0.3 is 0 Å². The lowest BCUT2D eigenvalue weighted by Gasteiger charge is -2.41. The first-order valence-corrected chi connectivity index (χ1v) is 12.3. The van der Waals surface area contributed by atoms with Gasteiger partial charge in [-0.25, -0.2) is 0 Å². The lowest BCUT2D eigenvalue weighted by Crippen LogP contribution is -2.56. The Kier molecular flexibility index (Phi) is 6.40. The first-order valence-electron chi connectivity index (χ1n) is 12.3. The van der Waals surface area contributed by atoms with E-state index in [0.29, 0.717) is 32.1 Å². The third-order valence-corrected chi connectivity index (χ3v) is 7.82. The molecule has 3 saturated heterocycles. The van der Waals surface area contributed by atoms with Gasteiger partial charge in [0.05, 0.1) is 18.2 Å². The summed E-state index contributed by atoms with van der Waals surface area (Å²) in [5.41, 5.74) is 7.54. The molecule has 2 bridgehead atoms. The second-order valence-corrected chi connectivity index (χ2v) is 9.86. The molecule has 1 aromatic rings. The van der Waals surface area contributed by atoms with Crippen molar-refractivity contribution in [3.05, 3.63) is 47.9 Å². The first-order chi connectivity index (χ1) is 17.0. The molecule has 4 aliphatic heterocycles. The topological polar surface area (TPSA) is 109 Å². The summed E-state index contributed by atoms with van der Waals surface area (Å²) in [4.78, 5) is 30.0. The number of fused-ring (bicyclic) bond motifs is 2. The van der Waals surface area contributed by atoms with Crippen molar-refractivity contribution in [3.63, 3.8) is 0 Å². The van der Waals surface area contributed by atoms with Crippen LogP contribution in [0.3, 0.4) is 0 Å². The van der Waals surface area contributed by atoms with Gasteiger partial charge in [-0.05, 0) is 50.0 Å². The van der Waals surface area contributed by atoms with Crippen LogP contribution in [0.4, 0.5) is 0 Å². The van der Waals surface area contributed by atoms with Crippen LogP contribution in [0.1, 0.15) is 44.1 Å². The van der Waals surface area contributed by atoms with E-state index in [-0.39, 0.29) is 41.6 Å². The van der Waals surface area contributed by atoms with Crippen molar-refractivity contribution in [1.29, 1.82) is 5.26 Å². The number of carbonyl (C=O) groups excluding carboxylic acids is 2. The summed E-state index contributed by atoms with van der Waals surface area (Å²) < 4.78 is 11.5. The lowest BCUT2D eigenvalue weighted by atomic mass is 9.84. The maximum absolute atomic E-state index is 13.3. The molecule has 5 rings (SSSR count). The van der Waals surface area contributed by atoms with Crippen LogP contribution in [0.25, 0.3) is 0 Å². The van der Waals surface area contributed by atoms with Gasteiger partial charge in [0.25, 0.3) is 5.91 Å². The SMILES string of the molecule is C#CC1CCC(C#N)N1C(=O)C(N)C1CC2CCC(C1)N2C(=O)C1=COC(Cc2ccccc2)O1. The quantitative estimate of drug-likeness (QED) is 0.655. The molecule has 0 aliphatic carbocycles. The number of piperidine rings is 1.